The molecule has 56 heavy (non-hydrogen) atoms. The number of aromatic nitrogens is 1. The third-order valence-electron chi connectivity index (χ3n) is 11.6. The molecule has 268 valence electrons. The van der Waals surface area contributed by atoms with Crippen molar-refractivity contribution < 1.29 is 0 Å². The van der Waals surface area contributed by atoms with Crippen molar-refractivity contribution in [3.05, 3.63) is 211 Å². The zero-order valence-electron chi connectivity index (χ0n) is 31.8. The summed E-state index contributed by atoms with van der Waals surface area (Å²) in [5, 5.41) is 4.82. The number of nitrogens with zero attached hydrogens (tertiary/aromatic N) is 3. The molecule has 1 aromatic heterocycles. The molecule has 0 atom stereocenters. The molecule has 0 saturated carbocycles. The van der Waals surface area contributed by atoms with E-state index < -0.39 is 0 Å². The summed E-state index contributed by atoms with van der Waals surface area (Å²) in [6, 6.07) is 68.0. The van der Waals surface area contributed by atoms with Gasteiger partial charge in [-0.1, -0.05) is 147 Å². The van der Waals surface area contributed by atoms with Crippen molar-refractivity contribution in [3.8, 4) is 22.3 Å². The summed E-state index contributed by atoms with van der Waals surface area (Å²) >= 11 is 0. The van der Waals surface area contributed by atoms with Crippen LogP contribution in [0.1, 0.15) is 30.5 Å². The van der Waals surface area contributed by atoms with Gasteiger partial charge in [-0.05, 0) is 106 Å². The van der Waals surface area contributed by atoms with Gasteiger partial charge in [-0.2, -0.15) is 0 Å². The van der Waals surface area contributed by atoms with Crippen molar-refractivity contribution in [1.82, 2.24) is 4.98 Å². The van der Waals surface area contributed by atoms with Gasteiger partial charge in [-0.25, -0.2) is 4.98 Å². The molecule has 1 heterocycles. The highest BCUT2D eigenvalue weighted by Gasteiger charge is 2.36. The number of hydrogen-bond acceptors (Lipinski definition) is 3. The first-order valence-electron chi connectivity index (χ1n) is 19.4. The Labute approximate surface area is 328 Å². The minimum Gasteiger partial charge on any atom is -0.310 e. The number of benzene rings is 8. The van der Waals surface area contributed by atoms with Crippen LogP contribution in [-0.4, -0.2) is 4.98 Å². The summed E-state index contributed by atoms with van der Waals surface area (Å²) < 4.78 is 0. The lowest BCUT2D eigenvalue weighted by molar-refractivity contribution is 0.660. The predicted octanol–water partition coefficient (Wildman–Crippen LogP) is 14.6. The standard InChI is InChI=1S/C53H41N3/c1-36-22-27-41(28-23-36)55(50-20-10-14-38-12-4-6-16-44(38)50)42-29-24-37(25-30-42)40-26-33-52(54-35-40)56(51-21-11-15-39-13-5-7-17-45(39)51)43-31-32-47-46-18-8-9-19-48(46)53(2,3)49(47)34-43/h4-35H,1-3H3. The molecule has 0 aliphatic heterocycles. The van der Waals surface area contributed by atoms with Crippen LogP contribution in [-0.2, 0) is 5.41 Å². The first-order valence-corrected chi connectivity index (χ1v) is 19.4. The third kappa shape index (κ3) is 5.63. The van der Waals surface area contributed by atoms with Crippen molar-refractivity contribution in [2.75, 3.05) is 9.80 Å². The molecule has 0 spiro atoms. The Morgan fingerprint density at radius 1 is 0.429 bits per heavy atom. The molecule has 0 fully saturated rings. The second kappa shape index (κ2) is 13.4. The largest absolute Gasteiger partial charge is 0.310 e. The monoisotopic (exact) mass is 719 g/mol. The molecule has 10 rings (SSSR count). The third-order valence-corrected chi connectivity index (χ3v) is 11.6. The fourth-order valence-electron chi connectivity index (χ4n) is 8.65. The first kappa shape index (κ1) is 33.6. The van der Waals surface area contributed by atoms with Gasteiger partial charge in [0.1, 0.15) is 5.82 Å². The first-order chi connectivity index (χ1) is 27.4. The fourth-order valence-corrected chi connectivity index (χ4v) is 8.65. The van der Waals surface area contributed by atoms with E-state index in [2.05, 4.69) is 219 Å². The second-order valence-corrected chi connectivity index (χ2v) is 15.4. The lowest BCUT2D eigenvalue weighted by Gasteiger charge is -2.28. The molecule has 0 amide bonds. The van der Waals surface area contributed by atoms with E-state index in [0.717, 1.165) is 45.4 Å². The van der Waals surface area contributed by atoms with Gasteiger partial charge in [0.05, 0.1) is 11.4 Å². The number of rotatable bonds is 7. The van der Waals surface area contributed by atoms with E-state index in [1.807, 2.05) is 6.20 Å². The fraction of sp³-hybridized carbons (Fsp3) is 0.0755. The molecule has 3 heteroatoms. The number of hydrogen-bond donors (Lipinski definition) is 0. The maximum absolute atomic E-state index is 5.19. The summed E-state index contributed by atoms with van der Waals surface area (Å²) in [5.74, 6) is 0.872. The molecule has 1 aliphatic carbocycles. The molecule has 1 aliphatic rings. The van der Waals surface area contributed by atoms with Gasteiger partial charge in [0.15, 0.2) is 0 Å². The zero-order valence-corrected chi connectivity index (χ0v) is 31.8. The molecular formula is C53H41N3. The van der Waals surface area contributed by atoms with Crippen molar-refractivity contribution in [2.24, 2.45) is 0 Å². The molecule has 0 bridgehead atoms. The Morgan fingerprint density at radius 2 is 0.964 bits per heavy atom. The van der Waals surface area contributed by atoms with E-state index in [-0.39, 0.29) is 5.41 Å². The highest BCUT2D eigenvalue weighted by Crippen LogP contribution is 2.51. The van der Waals surface area contributed by atoms with E-state index in [1.54, 1.807) is 0 Å². The van der Waals surface area contributed by atoms with Gasteiger partial charge in [0.25, 0.3) is 0 Å². The summed E-state index contributed by atoms with van der Waals surface area (Å²) in [7, 11) is 0. The van der Waals surface area contributed by atoms with Gasteiger partial charge in [-0.3, -0.25) is 4.90 Å². The average molecular weight is 720 g/mol. The summed E-state index contributed by atoms with van der Waals surface area (Å²) in [4.78, 5) is 9.87. The van der Waals surface area contributed by atoms with Crippen LogP contribution in [0.3, 0.4) is 0 Å². The van der Waals surface area contributed by atoms with Gasteiger partial charge >= 0.3 is 0 Å². The highest BCUT2D eigenvalue weighted by atomic mass is 15.2. The summed E-state index contributed by atoms with van der Waals surface area (Å²) in [6.45, 7) is 6.81. The van der Waals surface area contributed by atoms with Gasteiger partial charge in [0, 0.05) is 45.0 Å². The quantitative estimate of drug-likeness (QED) is 0.163. The Balaban J connectivity index is 1.04. The van der Waals surface area contributed by atoms with E-state index in [4.69, 9.17) is 4.98 Å². The van der Waals surface area contributed by atoms with Crippen LogP contribution in [0.4, 0.5) is 34.3 Å². The molecule has 0 saturated heterocycles. The summed E-state index contributed by atoms with van der Waals surface area (Å²) in [6.07, 6.45) is 2.01. The van der Waals surface area contributed by atoms with Crippen LogP contribution in [0, 0.1) is 6.92 Å². The maximum atomic E-state index is 5.19. The van der Waals surface area contributed by atoms with Gasteiger partial charge < -0.3 is 4.90 Å². The lowest BCUT2D eigenvalue weighted by Crippen LogP contribution is -2.17. The van der Waals surface area contributed by atoms with Crippen molar-refractivity contribution in [3.63, 3.8) is 0 Å². The van der Waals surface area contributed by atoms with Crippen molar-refractivity contribution in [2.45, 2.75) is 26.2 Å². The smallest absolute Gasteiger partial charge is 0.137 e. The number of anilines is 6. The number of aryl methyl sites for hydroxylation is 1. The van der Waals surface area contributed by atoms with E-state index in [9.17, 15) is 0 Å². The van der Waals surface area contributed by atoms with Crippen LogP contribution < -0.4 is 9.80 Å². The molecule has 0 radical (unpaired) electrons. The molecular weight excluding hydrogens is 679 g/mol. The van der Waals surface area contributed by atoms with E-state index in [1.165, 1.54) is 49.4 Å². The Hall–Kier alpha value is -6.97. The van der Waals surface area contributed by atoms with Gasteiger partial charge in [0.2, 0.25) is 0 Å². The second-order valence-electron chi connectivity index (χ2n) is 15.4. The molecule has 8 aromatic carbocycles. The minimum absolute atomic E-state index is 0.113. The maximum Gasteiger partial charge on any atom is 0.137 e. The molecule has 9 aromatic rings. The minimum atomic E-state index is -0.113. The van der Waals surface area contributed by atoms with Crippen LogP contribution in [0.15, 0.2) is 194 Å². The SMILES string of the molecule is Cc1ccc(N(c2ccc(-c3ccc(N(c4ccc5c(c4)C(C)(C)c4ccccc4-5)c4cccc5ccccc45)nc3)cc2)c2cccc3ccccc23)cc1. The predicted molar refractivity (Wildman–Crippen MR) is 236 cm³/mol. The normalized spacial score (nSPS) is 12.7. The van der Waals surface area contributed by atoms with E-state index >= 15 is 0 Å². The number of pyridine rings is 1. The van der Waals surface area contributed by atoms with Crippen LogP contribution in [0.5, 0.6) is 0 Å². The zero-order chi connectivity index (χ0) is 37.8. The number of fused-ring (bicyclic) bond motifs is 5. The van der Waals surface area contributed by atoms with E-state index in [0.29, 0.717) is 0 Å². The molecule has 3 nitrogen and oxygen atoms in total. The van der Waals surface area contributed by atoms with Crippen LogP contribution in [0.2, 0.25) is 0 Å². The van der Waals surface area contributed by atoms with Crippen LogP contribution >= 0.6 is 0 Å². The molecule has 0 unspecified atom stereocenters. The Bertz CT molecular complexity index is 2880. The highest BCUT2D eigenvalue weighted by molar-refractivity contribution is 6.00. The van der Waals surface area contributed by atoms with Crippen LogP contribution in [0.25, 0.3) is 43.8 Å². The van der Waals surface area contributed by atoms with Crippen molar-refractivity contribution >= 4 is 55.8 Å². The lowest BCUT2D eigenvalue weighted by atomic mass is 9.82. The summed E-state index contributed by atoms with van der Waals surface area (Å²) in [5.41, 5.74) is 14.2. The van der Waals surface area contributed by atoms with Gasteiger partial charge in [-0.15, -0.1) is 0 Å². The van der Waals surface area contributed by atoms with Crippen molar-refractivity contribution in [1.29, 1.82) is 0 Å². The Kier molecular flexibility index (Phi) is 8.04. The average Bonchev–Trinajstić information content (AvgIpc) is 3.48. The topological polar surface area (TPSA) is 19.4 Å². The molecule has 0 N–H and O–H groups in total. The Morgan fingerprint density at radius 3 is 1.62 bits per heavy atom.